The van der Waals surface area contributed by atoms with Gasteiger partial charge in [0.25, 0.3) is 0 Å². The Morgan fingerprint density at radius 3 is 1.42 bits per heavy atom. The van der Waals surface area contributed by atoms with E-state index in [0.717, 1.165) is 12.8 Å². The van der Waals surface area contributed by atoms with Gasteiger partial charge in [-0.05, 0) is 32.1 Å². The summed E-state index contributed by atoms with van der Waals surface area (Å²) in [5, 5.41) is 11.4. The molecule has 2 N–H and O–H groups in total. The van der Waals surface area contributed by atoms with E-state index in [1.54, 1.807) is 0 Å². The number of allylic oxidation sites excluding steroid dienone is 2. The normalized spacial score (nSPS) is 11.4. The maximum Gasteiger partial charge on any atom is 0.220 e. The van der Waals surface area contributed by atoms with Gasteiger partial charge in [0.05, 0.1) is 6.61 Å². The molecule has 0 rings (SSSR count). The van der Waals surface area contributed by atoms with Gasteiger partial charge in [0.1, 0.15) is 0 Å². The summed E-state index contributed by atoms with van der Waals surface area (Å²) < 4.78 is 0. The van der Waals surface area contributed by atoms with E-state index in [9.17, 15) is 4.79 Å². The summed E-state index contributed by atoms with van der Waals surface area (Å²) in [6, 6.07) is 0. The molecule has 3 heteroatoms. The Morgan fingerprint density at radius 2 is 1.00 bits per heavy atom. The summed E-state index contributed by atoms with van der Waals surface area (Å²) in [4.78, 5) is 11.4. The number of unbranched alkanes of at least 4 members (excludes halogenated alkanes) is 19. The second-order valence-electron chi connectivity index (χ2n) is 9.24. The van der Waals surface area contributed by atoms with Crippen molar-refractivity contribution in [3.8, 4) is 0 Å². The topological polar surface area (TPSA) is 49.3 Å². The lowest BCUT2D eigenvalue weighted by molar-refractivity contribution is -0.121. The van der Waals surface area contributed by atoms with Crippen LogP contribution < -0.4 is 5.32 Å². The van der Waals surface area contributed by atoms with Gasteiger partial charge in [0.15, 0.2) is 0 Å². The first-order valence-corrected chi connectivity index (χ1v) is 13.8. The van der Waals surface area contributed by atoms with Crippen molar-refractivity contribution in [2.45, 2.75) is 148 Å². The van der Waals surface area contributed by atoms with E-state index in [4.69, 9.17) is 5.11 Å². The molecule has 0 radical (unpaired) electrons. The Labute approximate surface area is 194 Å². The minimum atomic E-state index is 0.0299. The molecule has 0 heterocycles. The van der Waals surface area contributed by atoms with Crippen molar-refractivity contribution in [3.63, 3.8) is 0 Å². The van der Waals surface area contributed by atoms with Crippen LogP contribution in [0.3, 0.4) is 0 Å². The zero-order valence-corrected chi connectivity index (χ0v) is 21.0. The molecule has 184 valence electrons. The summed E-state index contributed by atoms with van der Waals surface area (Å²) in [6.45, 7) is 2.70. The van der Waals surface area contributed by atoms with Crippen LogP contribution in [0, 0.1) is 0 Å². The van der Waals surface area contributed by atoms with E-state index in [1.807, 2.05) is 0 Å². The van der Waals surface area contributed by atoms with Gasteiger partial charge in [0.2, 0.25) is 5.91 Å². The molecule has 0 saturated carbocycles. The minimum Gasteiger partial charge on any atom is -0.395 e. The Bertz CT molecular complexity index is 381. The van der Waals surface area contributed by atoms with Crippen LogP contribution in [0.1, 0.15) is 148 Å². The fourth-order valence-corrected chi connectivity index (χ4v) is 4.05. The Hall–Kier alpha value is -0.830. The van der Waals surface area contributed by atoms with Gasteiger partial charge in [-0.2, -0.15) is 0 Å². The van der Waals surface area contributed by atoms with Crippen LogP contribution in [0.25, 0.3) is 0 Å². The molecule has 3 nitrogen and oxygen atoms in total. The van der Waals surface area contributed by atoms with Gasteiger partial charge in [0, 0.05) is 13.0 Å². The Kier molecular flexibility index (Phi) is 26.5. The lowest BCUT2D eigenvalue weighted by atomic mass is 10.0. The lowest BCUT2D eigenvalue weighted by Gasteiger charge is -2.04. The number of hydrogen-bond acceptors (Lipinski definition) is 2. The Morgan fingerprint density at radius 1 is 0.613 bits per heavy atom. The van der Waals surface area contributed by atoms with Crippen molar-refractivity contribution in [1.29, 1.82) is 0 Å². The summed E-state index contributed by atoms with van der Waals surface area (Å²) in [5.41, 5.74) is 0. The van der Waals surface area contributed by atoms with E-state index in [0.29, 0.717) is 13.0 Å². The highest BCUT2D eigenvalue weighted by Gasteiger charge is 1.99. The van der Waals surface area contributed by atoms with E-state index in [-0.39, 0.29) is 12.5 Å². The molecule has 31 heavy (non-hydrogen) atoms. The molecule has 0 unspecified atom stereocenters. The van der Waals surface area contributed by atoms with Gasteiger partial charge in [-0.25, -0.2) is 0 Å². The molecule has 0 aromatic carbocycles. The molecular weight excluding hydrogens is 382 g/mol. The monoisotopic (exact) mass is 437 g/mol. The average Bonchev–Trinajstić information content (AvgIpc) is 2.78. The number of nitrogens with one attached hydrogen (secondary N) is 1. The zero-order chi connectivity index (χ0) is 22.7. The van der Waals surface area contributed by atoms with Crippen molar-refractivity contribution in [2.24, 2.45) is 0 Å². The molecule has 0 aromatic heterocycles. The molecule has 0 bridgehead atoms. The predicted octanol–water partition coefficient (Wildman–Crippen LogP) is 8.25. The van der Waals surface area contributed by atoms with Crippen LogP contribution in [0.5, 0.6) is 0 Å². The summed E-state index contributed by atoms with van der Waals surface area (Å²) >= 11 is 0. The third kappa shape index (κ3) is 27.1. The smallest absolute Gasteiger partial charge is 0.220 e. The van der Waals surface area contributed by atoms with Gasteiger partial charge in [-0.15, -0.1) is 0 Å². The van der Waals surface area contributed by atoms with Crippen molar-refractivity contribution >= 4 is 5.91 Å². The van der Waals surface area contributed by atoms with Gasteiger partial charge < -0.3 is 10.4 Å². The number of amides is 1. The number of hydrogen-bond donors (Lipinski definition) is 2. The highest BCUT2D eigenvalue weighted by atomic mass is 16.3. The predicted molar refractivity (Wildman–Crippen MR) is 136 cm³/mol. The SMILES string of the molecule is CCCCCCCCCC/C=C\CCCCCCCCCCCCCC(=O)NCCO. The van der Waals surface area contributed by atoms with Crippen LogP contribution in [-0.4, -0.2) is 24.2 Å². The fraction of sp³-hybridized carbons (Fsp3) is 0.893. The summed E-state index contributed by atoms with van der Waals surface area (Å²) in [5.74, 6) is 0.0769. The molecule has 0 saturated heterocycles. The molecule has 0 fully saturated rings. The third-order valence-electron chi connectivity index (χ3n) is 6.10. The molecule has 0 aliphatic heterocycles. The largest absolute Gasteiger partial charge is 0.395 e. The van der Waals surface area contributed by atoms with Crippen LogP contribution in [-0.2, 0) is 4.79 Å². The van der Waals surface area contributed by atoms with Gasteiger partial charge >= 0.3 is 0 Å². The summed E-state index contributed by atoms with van der Waals surface area (Å²) in [6.07, 6.45) is 33.6. The number of carbonyl (C=O) groups is 1. The first-order valence-electron chi connectivity index (χ1n) is 13.8. The van der Waals surface area contributed by atoms with Crippen molar-refractivity contribution in [2.75, 3.05) is 13.2 Å². The van der Waals surface area contributed by atoms with Crippen LogP contribution in [0.2, 0.25) is 0 Å². The van der Waals surface area contributed by atoms with Crippen LogP contribution in [0.15, 0.2) is 12.2 Å². The molecule has 0 spiro atoms. The van der Waals surface area contributed by atoms with E-state index >= 15 is 0 Å². The molecule has 1 amide bonds. The lowest BCUT2D eigenvalue weighted by Crippen LogP contribution is -2.25. The fourth-order valence-electron chi connectivity index (χ4n) is 4.05. The van der Waals surface area contributed by atoms with Crippen molar-refractivity contribution < 1.29 is 9.90 Å². The van der Waals surface area contributed by atoms with Crippen LogP contribution >= 0.6 is 0 Å². The first kappa shape index (κ1) is 30.2. The van der Waals surface area contributed by atoms with E-state index in [1.165, 1.54) is 122 Å². The third-order valence-corrected chi connectivity index (χ3v) is 6.10. The number of rotatable bonds is 25. The molecule has 0 atom stereocenters. The molecule has 0 aliphatic carbocycles. The number of carbonyl (C=O) groups excluding carboxylic acids is 1. The zero-order valence-electron chi connectivity index (χ0n) is 21.0. The minimum absolute atomic E-state index is 0.0299. The molecular formula is C28H55NO2. The Balaban J connectivity index is 3.12. The maximum atomic E-state index is 11.4. The molecule has 0 aromatic rings. The average molecular weight is 438 g/mol. The quantitative estimate of drug-likeness (QED) is 0.111. The molecule has 0 aliphatic rings. The highest BCUT2D eigenvalue weighted by Crippen LogP contribution is 2.13. The standard InChI is InChI=1S/C28H55NO2/c1-2-3-4-5-6-7-8-9-10-11-12-13-14-15-16-17-18-19-20-21-22-23-24-25-28(31)29-26-27-30/h11-12,30H,2-10,13-27H2,1H3,(H,29,31)/b12-11-. The highest BCUT2D eigenvalue weighted by molar-refractivity contribution is 5.75. The first-order chi connectivity index (χ1) is 15.3. The van der Waals surface area contributed by atoms with Crippen molar-refractivity contribution in [1.82, 2.24) is 5.32 Å². The van der Waals surface area contributed by atoms with E-state index < -0.39 is 0 Å². The van der Waals surface area contributed by atoms with Gasteiger partial charge in [-0.1, -0.05) is 122 Å². The van der Waals surface area contributed by atoms with Crippen molar-refractivity contribution in [3.05, 3.63) is 12.2 Å². The second-order valence-corrected chi connectivity index (χ2v) is 9.24. The maximum absolute atomic E-state index is 11.4. The second kappa shape index (κ2) is 27.2. The summed E-state index contributed by atoms with van der Waals surface area (Å²) in [7, 11) is 0. The number of aliphatic hydroxyl groups is 1. The van der Waals surface area contributed by atoms with Gasteiger partial charge in [-0.3, -0.25) is 4.79 Å². The number of aliphatic hydroxyl groups excluding tert-OH is 1. The van der Waals surface area contributed by atoms with E-state index in [2.05, 4.69) is 24.4 Å². The van der Waals surface area contributed by atoms with Crippen LogP contribution in [0.4, 0.5) is 0 Å².